The molecule has 0 radical (unpaired) electrons. The van der Waals surface area contributed by atoms with Gasteiger partial charge in [-0.15, -0.1) is 0 Å². The van der Waals surface area contributed by atoms with E-state index in [1.165, 1.54) is 36.5 Å². The fourth-order valence-electron chi connectivity index (χ4n) is 3.78. The average molecular weight is 579 g/mol. The number of rotatable bonds is 12. The van der Waals surface area contributed by atoms with Crippen LogP contribution in [0.15, 0.2) is 48.7 Å². The lowest BCUT2D eigenvalue weighted by molar-refractivity contribution is -0.134. The zero-order valence-corrected chi connectivity index (χ0v) is 22.3. The largest absolute Gasteiger partial charge is 0.449 e. The number of pyridine rings is 1. The van der Waals surface area contributed by atoms with Gasteiger partial charge in [-0.25, -0.2) is 18.6 Å². The van der Waals surface area contributed by atoms with Gasteiger partial charge in [0.25, 0.3) is 5.91 Å². The molecule has 0 aliphatic heterocycles. The molecule has 2 atom stereocenters. The number of aliphatic hydroxyl groups excluding tert-OH is 2. The number of aliphatic hydroxyl groups is 2. The summed E-state index contributed by atoms with van der Waals surface area (Å²) >= 11 is 5.97. The molecule has 0 bridgehead atoms. The molecule has 13 heteroatoms. The first kappa shape index (κ1) is 30.7. The highest BCUT2D eigenvalue weighted by Gasteiger charge is 2.33. The van der Waals surface area contributed by atoms with Gasteiger partial charge < -0.3 is 25.6 Å². The molecule has 0 fully saturated rings. The van der Waals surface area contributed by atoms with Gasteiger partial charge >= 0.3 is 6.09 Å². The standard InChI is InChI=1S/C27H29ClF2N4O6/c1-27(7-9-31-24(37)21(36)15-35,25(38)33-14-17-3-2-4-20(30)23(17)28)8-10-40-26(39)34-22-12-18-11-19(29)6-5-16(18)13-32-22/h2-6,11-13,21,35-36H,7-10,14-15H2,1H3,(H,31,37)(H,33,38)(H,32,34,39). The number of anilines is 1. The molecular formula is C27H29ClF2N4O6. The molecule has 5 N–H and O–H groups in total. The highest BCUT2D eigenvalue weighted by molar-refractivity contribution is 6.31. The number of hydrogen-bond acceptors (Lipinski definition) is 7. The second-order valence-electron chi connectivity index (χ2n) is 9.27. The number of amides is 3. The Morgan fingerprint density at radius 3 is 2.62 bits per heavy atom. The fourth-order valence-corrected chi connectivity index (χ4v) is 3.97. The third-order valence-electron chi connectivity index (χ3n) is 6.27. The molecule has 0 aliphatic carbocycles. The Labute approximate surface area is 233 Å². The van der Waals surface area contributed by atoms with Crippen LogP contribution in [0.1, 0.15) is 25.3 Å². The predicted octanol–water partition coefficient (Wildman–Crippen LogP) is 3.29. The van der Waals surface area contributed by atoms with Crippen molar-refractivity contribution < 1.29 is 38.1 Å². The molecule has 2 unspecified atom stereocenters. The van der Waals surface area contributed by atoms with Crippen molar-refractivity contribution >= 4 is 46.1 Å². The summed E-state index contributed by atoms with van der Waals surface area (Å²) in [7, 11) is 0. The van der Waals surface area contributed by atoms with E-state index in [1.54, 1.807) is 19.1 Å². The quantitative estimate of drug-likeness (QED) is 0.221. The molecule has 214 valence electrons. The molecule has 0 saturated heterocycles. The predicted molar refractivity (Wildman–Crippen MR) is 143 cm³/mol. The van der Waals surface area contributed by atoms with Gasteiger partial charge in [-0.3, -0.25) is 14.9 Å². The van der Waals surface area contributed by atoms with Crippen LogP contribution in [-0.4, -0.2) is 59.0 Å². The highest BCUT2D eigenvalue weighted by atomic mass is 35.5. The van der Waals surface area contributed by atoms with E-state index in [4.69, 9.17) is 21.4 Å². The van der Waals surface area contributed by atoms with E-state index in [0.717, 1.165) is 0 Å². The Morgan fingerprint density at radius 2 is 1.88 bits per heavy atom. The number of carbonyl (C=O) groups excluding carboxylic acids is 3. The lowest BCUT2D eigenvalue weighted by Gasteiger charge is -2.28. The minimum absolute atomic E-state index is 0.0257. The van der Waals surface area contributed by atoms with E-state index in [2.05, 4.69) is 20.9 Å². The number of aromatic nitrogens is 1. The third kappa shape index (κ3) is 8.31. The van der Waals surface area contributed by atoms with Crippen LogP contribution in [0, 0.1) is 17.0 Å². The van der Waals surface area contributed by atoms with Crippen LogP contribution >= 0.6 is 11.6 Å². The fraction of sp³-hybridized carbons (Fsp3) is 0.333. The molecule has 3 amide bonds. The Hall–Kier alpha value is -3.87. The molecule has 1 heterocycles. The molecule has 0 saturated carbocycles. The Bertz CT molecular complexity index is 1380. The SMILES string of the molecule is CC(CCNC(=O)C(O)CO)(CCOC(=O)Nc1cc2cc(F)ccc2cn1)C(=O)NCc1cccc(F)c1Cl. The molecular weight excluding hydrogens is 550 g/mol. The van der Waals surface area contributed by atoms with Gasteiger partial charge in [-0.2, -0.15) is 0 Å². The number of fused-ring (bicyclic) bond motifs is 1. The van der Waals surface area contributed by atoms with Gasteiger partial charge in [0.15, 0.2) is 6.10 Å². The summed E-state index contributed by atoms with van der Waals surface area (Å²) in [5.74, 6) is -2.22. The maximum Gasteiger partial charge on any atom is 0.412 e. The van der Waals surface area contributed by atoms with Crippen LogP contribution in [0.25, 0.3) is 10.8 Å². The van der Waals surface area contributed by atoms with E-state index >= 15 is 0 Å². The zero-order valence-electron chi connectivity index (χ0n) is 21.5. The Balaban J connectivity index is 1.62. The Morgan fingerprint density at radius 1 is 1.10 bits per heavy atom. The number of nitrogens with one attached hydrogen (secondary N) is 3. The van der Waals surface area contributed by atoms with Gasteiger partial charge in [0.2, 0.25) is 5.91 Å². The van der Waals surface area contributed by atoms with Crippen molar-refractivity contribution in [3.05, 3.63) is 70.9 Å². The maximum atomic E-state index is 13.8. The first-order chi connectivity index (χ1) is 19.0. The highest BCUT2D eigenvalue weighted by Crippen LogP contribution is 2.27. The van der Waals surface area contributed by atoms with Crippen LogP contribution in [0.4, 0.5) is 19.4 Å². The monoisotopic (exact) mass is 578 g/mol. The van der Waals surface area contributed by atoms with Crippen molar-refractivity contribution in [2.45, 2.75) is 32.4 Å². The number of halogens is 3. The molecule has 10 nitrogen and oxygen atoms in total. The van der Waals surface area contributed by atoms with Crippen molar-refractivity contribution in [2.75, 3.05) is 25.1 Å². The van der Waals surface area contributed by atoms with Gasteiger partial charge in [-0.1, -0.05) is 30.7 Å². The van der Waals surface area contributed by atoms with Crippen LogP contribution < -0.4 is 16.0 Å². The second kappa shape index (κ2) is 14.0. The molecule has 3 rings (SSSR count). The molecule has 40 heavy (non-hydrogen) atoms. The van der Waals surface area contributed by atoms with E-state index in [1.807, 2.05) is 0 Å². The van der Waals surface area contributed by atoms with E-state index in [-0.39, 0.29) is 43.4 Å². The van der Waals surface area contributed by atoms with Gasteiger partial charge in [0, 0.05) is 24.7 Å². The van der Waals surface area contributed by atoms with Crippen molar-refractivity contribution in [3.63, 3.8) is 0 Å². The zero-order chi connectivity index (χ0) is 29.3. The smallest absolute Gasteiger partial charge is 0.412 e. The summed E-state index contributed by atoms with van der Waals surface area (Å²) in [6.45, 7) is 0.513. The molecule has 2 aromatic carbocycles. The maximum absolute atomic E-state index is 13.8. The summed E-state index contributed by atoms with van der Waals surface area (Å²) < 4.78 is 32.5. The summed E-state index contributed by atoms with van der Waals surface area (Å²) in [6, 6.07) is 9.84. The molecule has 3 aromatic rings. The van der Waals surface area contributed by atoms with E-state index in [9.17, 15) is 28.3 Å². The van der Waals surface area contributed by atoms with Gasteiger partial charge in [0.05, 0.1) is 23.7 Å². The van der Waals surface area contributed by atoms with Gasteiger partial charge in [-0.05, 0) is 54.1 Å². The normalized spacial score (nSPS) is 13.2. The van der Waals surface area contributed by atoms with Crippen LogP contribution in [0.3, 0.4) is 0 Å². The van der Waals surface area contributed by atoms with Gasteiger partial charge in [0.1, 0.15) is 17.5 Å². The number of ether oxygens (including phenoxy) is 1. The molecule has 0 spiro atoms. The van der Waals surface area contributed by atoms with Crippen LogP contribution in [0.2, 0.25) is 5.02 Å². The summed E-state index contributed by atoms with van der Waals surface area (Å²) in [6.07, 6.45) is -0.890. The summed E-state index contributed by atoms with van der Waals surface area (Å²) in [4.78, 5) is 41.4. The topological polar surface area (TPSA) is 150 Å². The van der Waals surface area contributed by atoms with Crippen molar-refractivity contribution in [3.8, 4) is 0 Å². The molecule has 1 aromatic heterocycles. The first-order valence-corrected chi connectivity index (χ1v) is 12.7. The minimum Gasteiger partial charge on any atom is -0.449 e. The number of nitrogens with zero attached hydrogens (tertiary/aromatic N) is 1. The van der Waals surface area contributed by atoms with E-state index in [0.29, 0.717) is 16.3 Å². The van der Waals surface area contributed by atoms with Crippen LogP contribution in [-0.2, 0) is 20.9 Å². The van der Waals surface area contributed by atoms with E-state index < -0.39 is 47.7 Å². The minimum atomic E-state index is -1.61. The lowest BCUT2D eigenvalue weighted by atomic mass is 9.82. The van der Waals surface area contributed by atoms with Crippen molar-refractivity contribution in [1.82, 2.24) is 15.6 Å². The first-order valence-electron chi connectivity index (χ1n) is 12.3. The second-order valence-corrected chi connectivity index (χ2v) is 9.65. The number of benzene rings is 2. The number of hydrogen-bond donors (Lipinski definition) is 5. The van der Waals surface area contributed by atoms with Crippen LogP contribution in [0.5, 0.6) is 0 Å². The van der Waals surface area contributed by atoms with Crippen molar-refractivity contribution in [1.29, 1.82) is 0 Å². The lowest BCUT2D eigenvalue weighted by Crippen LogP contribution is -2.43. The summed E-state index contributed by atoms with van der Waals surface area (Å²) in [5.41, 5.74) is -0.828. The average Bonchev–Trinajstić information content (AvgIpc) is 2.92. The third-order valence-corrected chi connectivity index (χ3v) is 6.69. The number of carbonyl (C=O) groups is 3. The van der Waals surface area contributed by atoms with Crippen molar-refractivity contribution in [2.24, 2.45) is 5.41 Å². The molecule has 0 aliphatic rings. The Kier molecular flexibility index (Phi) is 10.7. The summed E-state index contributed by atoms with van der Waals surface area (Å²) in [5, 5.41) is 27.0.